The van der Waals surface area contributed by atoms with E-state index in [1.54, 1.807) is 0 Å². The number of aryl methyl sites for hydroxylation is 1. The third kappa shape index (κ3) is 7.01. The monoisotopic (exact) mass is 237 g/mol. The standard InChI is InChI=1S/C13H21NO.C2H6/c1-4-14(5-2)10-11-15-13-8-6-12(3)7-9-13;1-2/h6-9H,4-5,10-11H2,1-3H3;1-2H3. The smallest absolute Gasteiger partial charge is 0.119 e. The molecule has 0 bridgehead atoms. The average Bonchev–Trinajstić information content (AvgIpc) is 2.39. The lowest BCUT2D eigenvalue weighted by molar-refractivity contribution is 0.223. The zero-order valence-electron chi connectivity index (χ0n) is 12.0. The van der Waals surface area contributed by atoms with Gasteiger partial charge in [0.1, 0.15) is 12.4 Å². The van der Waals surface area contributed by atoms with Crippen LogP contribution in [0.4, 0.5) is 0 Å². The van der Waals surface area contributed by atoms with Crippen molar-refractivity contribution in [2.24, 2.45) is 0 Å². The molecule has 17 heavy (non-hydrogen) atoms. The van der Waals surface area contributed by atoms with Gasteiger partial charge in [-0.05, 0) is 32.1 Å². The average molecular weight is 237 g/mol. The first-order valence-corrected chi connectivity index (χ1v) is 6.68. The summed E-state index contributed by atoms with van der Waals surface area (Å²) >= 11 is 0. The maximum Gasteiger partial charge on any atom is 0.119 e. The van der Waals surface area contributed by atoms with Gasteiger partial charge in [-0.25, -0.2) is 0 Å². The molecule has 0 amide bonds. The Bertz CT molecular complexity index is 265. The SMILES string of the molecule is CC.CCN(CC)CCOc1ccc(C)cc1. The Hall–Kier alpha value is -1.02. The molecule has 2 nitrogen and oxygen atoms in total. The minimum atomic E-state index is 0.769. The predicted molar refractivity (Wildman–Crippen MR) is 75.8 cm³/mol. The number of ether oxygens (including phenoxy) is 1. The van der Waals surface area contributed by atoms with Crippen LogP contribution >= 0.6 is 0 Å². The maximum absolute atomic E-state index is 5.65. The second kappa shape index (κ2) is 10.2. The van der Waals surface area contributed by atoms with Gasteiger partial charge in [0.05, 0.1) is 0 Å². The van der Waals surface area contributed by atoms with Crippen molar-refractivity contribution in [1.82, 2.24) is 4.90 Å². The van der Waals surface area contributed by atoms with Crippen molar-refractivity contribution in [2.75, 3.05) is 26.2 Å². The largest absolute Gasteiger partial charge is 0.492 e. The van der Waals surface area contributed by atoms with Crippen LogP contribution in [0, 0.1) is 6.92 Å². The van der Waals surface area contributed by atoms with E-state index in [1.807, 2.05) is 26.0 Å². The highest BCUT2D eigenvalue weighted by Crippen LogP contribution is 2.10. The van der Waals surface area contributed by atoms with E-state index in [2.05, 4.69) is 37.8 Å². The first kappa shape index (κ1) is 16.0. The first-order valence-electron chi connectivity index (χ1n) is 6.68. The third-order valence-electron chi connectivity index (χ3n) is 2.59. The Morgan fingerprint density at radius 2 is 1.53 bits per heavy atom. The van der Waals surface area contributed by atoms with Crippen LogP contribution in [0.3, 0.4) is 0 Å². The first-order chi connectivity index (χ1) is 8.26. The normalized spacial score (nSPS) is 9.76. The van der Waals surface area contributed by atoms with Crippen LogP contribution in [0.25, 0.3) is 0 Å². The molecule has 0 spiro atoms. The number of hydrogen-bond donors (Lipinski definition) is 0. The number of rotatable bonds is 6. The topological polar surface area (TPSA) is 12.5 Å². The van der Waals surface area contributed by atoms with E-state index in [1.165, 1.54) is 5.56 Å². The van der Waals surface area contributed by atoms with E-state index in [9.17, 15) is 0 Å². The Morgan fingerprint density at radius 3 is 2.00 bits per heavy atom. The molecule has 2 heteroatoms. The van der Waals surface area contributed by atoms with E-state index >= 15 is 0 Å². The molecule has 98 valence electrons. The molecule has 0 fully saturated rings. The van der Waals surface area contributed by atoms with E-state index in [-0.39, 0.29) is 0 Å². The van der Waals surface area contributed by atoms with E-state index in [0.29, 0.717) is 0 Å². The number of likely N-dealkylation sites (N-methyl/N-ethyl adjacent to an activating group) is 1. The number of benzene rings is 1. The van der Waals surface area contributed by atoms with Gasteiger partial charge in [-0.1, -0.05) is 45.4 Å². The molecule has 0 saturated heterocycles. The van der Waals surface area contributed by atoms with Crippen LogP contribution in [0.5, 0.6) is 5.75 Å². The highest BCUT2D eigenvalue weighted by molar-refractivity contribution is 5.26. The summed E-state index contributed by atoms with van der Waals surface area (Å²) in [5, 5.41) is 0. The summed E-state index contributed by atoms with van der Waals surface area (Å²) in [6.07, 6.45) is 0. The van der Waals surface area contributed by atoms with E-state index < -0.39 is 0 Å². The van der Waals surface area contributed by atoms with Crippen LogP contribution in [0.1, 0.15) is 33.3 Å². The third-order valence-corrected chi connectivity index (χ3v) is 2.59. The summed E-state index contributed by atoms with van der Waals surface area (Å²) in [6, 6.07) is 8.20. The summed E-state index contributed by atoms with van der Waals surface area (Å²) in [5.74, 6) is 0.966. The van der Waals surface area contributed by atoms with Crippen LogP contribution in [0.15, 0.2) is 24.3 Å². The van der Waals surface area contributed by atoms with Crippen LogP contribution in [0.2, 0.25) is 0 Å². The lowest BCUT2D eigenvalue weighted by Gasteiger charge is -2.17. The quantitative estimate of drug-likeness (QED) is 0.747. The molecule has 0 heterocycles. The van der Waals surface area contributed by atoms with Crippen molar-refractivity contribution in [3.8, 4) is 5.75 Å². The number of nitrogens with zero attached hydrogens (tertiary/aromatic N) is 1. The van der Waals surface area contributed by atoms with Crippen molar-refractivity contribution in [3.63, 3.8) is 0 Å². The molecule has 0 atom stereocenters. The van der Waals surface area contributed by atoms with Crippen molar-refractivity contribution in [2.45, 2.75) is 34.6 Å². The van der Waals surface area contributed by atoms with Crippen LogP contribution < -0.4 is 4.74 Å². The highest BCUT2D eigenvalue weighted by atomic mass is 16.5. The molecule has 1 rings (SSSR count). The highest BCUT2D eigenvalue weighted by Gasteiger charge is 1.98. The van der Waals surface area contributed by atoms with Gasteiger partial charge in [0, 0.05) is 6.54 Å². The fourth-order valence-electron chi connectivity index (χ4n) is 1.47. The van der Waals surface area contributed by atoms with Gasteiger partial charge in [-0.2, -0.15) is 0 Å². The minimum absolute atomic E-state index is 0.769. The molecule has 0 aliphatic heterocycles. The molecule has 0 radical (unpaired) electrons. The molecule has 0 saturated carbocycles. The molecular weight excluding hydrogens is 210 g/mol. The maximum atomic E-state index is 5.65. The van der Waals surface area contributed by atoms with Gasteiger partial charge in [0.25, 0.3) is 0 Å². The van der Waals surface area contributed by atoms with Gasteiger partial charge in [-0.3, -0.25) is 0 Å². The van der Waals surface area contributed by atoms with E-state index in [4.69, 9.17) is 4.74 Å². The van der Waals surface area contributed by atoms with Crippen LogP contribution in [-0.4, -0.2) is 31.1 Å². The summed E-state index contributed by atoms with van der Waals surface area (Å²) in [7, 11) is 0. The van der Waals surface area contributed by atoms with Crippen molar-refractivity contribution >= 4 is 0 Å². The summed E-state index contributed by atoms with van der Waals surface area (Å²) in [6.45, 7) is 14.4. The molecule has 1 aromatic carbocycles. The second-order valence-electron chi connectivity index (χ2n) is 3.69. The van der Waals surface area contributed by atoms with Gasteiger partial charge in [0.2, 0.25) is 0 Å². The lowest BCUT2D eigenvalue weighted by Crippen LogP contribution is -2.27. The molecule has 0 aliphatic rings. The lowest BCUT2D eigenvalue weighted by atomic mass is 10.2. The van der Waals surface area contributed by atoms with Crippen molar-refractivity contribution in [1.29, 1.82) is 0 Å². The minimum Gasteiger partial charge on any atom is -0.492 e. The summed E-state index contributed by atoms with van der Waals surface area (Å²) in [4.78, 5) is 2.36. The predicted octanol–water partition coefficient (Wildman–Crippen LogP) is 3.74. The van der Waals surface area contributed by atoms with Crippen molar-refractivity contribution in [3.05, 3.63) is 29.8 Å². The Morgan fingerprint density at radius 1 is 1.00 bits per heavy atom. The van der Waals surface area contributed by atoms with Gasteiger partial charge < -0.3 is 9.64 Å². The Kier molecular flexibility index (Phi) is 9.55. The van der Waals surface area contributed by atoms with Crippen molar-refractivity contribution < 1.29 is 4.74 Å². The van der Waals surface area contributed by atoms with Crippen LogP contribution in [-0.2, 0) is 0 Å². The Labute approximate surface area is 107 Å². The van der Waals surface area contributed by atoms with Gasteiger partial charge >= 0.3 is 0 Å². The fraction of sp³-hybridized carbons (Fsp3) is 0.600. The fourth-order valence-corrected chi connectivity index (χ4v) is 1.47. The molecular formula is C15H27NO. The van der Waals surface area contributed by atoms with Gasteiger partial charge in [0.15, 0.2) is 0 Å². The molecule has 0 N–H and O–H groups in total. The zero-order valence-corrected chi connectivity index (χ0v) is 12.0. The zero-order chi connectivity index (χ0) is 13.1. The summed E-state index contributed by atoms with van der Waals surface area (Å²) in [5.41, 5.74) is 1.27. The second-order valence-corrected chi connectivity index (χ2v) is 3.69. The molecule has 0 unspecified atom stereocenters. The molecule has 1 aromatic rings. The Balaban J connectivity index is 0.00000121. The summed E-state index contributed by atoms with van der Waals surface area (Å²) < 4.78 is 5.65. The van der Waals surface area contributed by atoms with Gasteiger partial charge in [-0.15, -0.1) is 0 Å². The molecule has 0 aliphatic carbocycles. The number of hydrogen-bond acceptors (Lipinski definition) is 2. The van der Waals surface area contributed by atoms with E-state index in [0.717, 1.165) is 32.0 Å². The molecule has 0 aromatic heterocycles.